The molecule has 0 saturated heterocycles. The minimum absolute atomic E-state index is 0.157. The Morgan fingerprint density at radius 3 is 0.853 bits per heavy atom. The molecule has 0 aliphatic carbocycles. The van der Waals surface area contributed by atoms with Gasteiger partial charge in [0.1, 0.15) is 58.2 Å². The number of rotatable bonds is 52. The van der Waals surface area contributed by atoms with E-state index in [1.54, 1.807) is 43.9 Å². The number of aromatic nitrogens is 8. The molecule has 26 heteroatoms. The van der Waals surface area contributed by atoms with Crippen molar-refractivity contribution in [3.63, 3.8) is 0 Å². The molecule has 12 rings (SSSR count). The maximum atomic E-state index is 14.4. The Balaban J connectivity index is 0.000000203. The van der Waals surface area contributed by atoms with Crippen molar-refractivity contribution >= 4 is 67.8 Å². The smallest absolute Gasteiger partial charge is 0.257 e. The van der Waals surface area contributed by atoms with Crippen molar-refractivity contribution in [2.24, 2.45) is 11.8 Å². The topological polar surface area (TPSA) is 201 Å². The summed E-state index contributed by atoms with van der Waals surface area (Å²) in [6, 6.07) is 43.3. The highest BCUT2D eigenvalue weighted by molar-refractivity contribution is 5.96. The van der Waals surface area contributed by atoms with E-state index in [1.165, 1.54) is 124 Å². The van der Waals surface area contributed by atoms with E-state index in [-0.39, 0.29) is 47.9 Å². The molecule has 20 nitrogen and oxygen atoms in total. The molecule has 4 N–H and O–H groups in total. The normalized spacial score (nSPS) is 11.4. The van der Waals surface area contributed by atoms with Crippen LogP contribution in [0.1, 0.15) is 299 Å². The monoisotopic (exact) mass is 1870 g/mol. The van der Waals surface area contributed by atoms with E-state index < -0.39 is 46.7 Å². The fourth-order valence-electron chi connectivity index (χ4n) is 17.0. The van der Waals surface area contributed by atoms with Crippen molar-refractivity contribution in [2.45, 2.75) is 291 Å². The molecule has 736 valence electrons. The summed E-state index contributed by atoms with van der Waals surface area (Å²) in [5.74, 6) is -1.18. The van der Waals surface area contributed by atoms with Crippen LogP contribution in [0.3, 0.4) is 0 Å². The number of nitrogens with zero attached hydrogens (tertiary/aromatic N) is 12. The molecule has 0 fully saturated rings. The van der Waals surface area contributed by atoms with E-state index in [2.05, 4.69) is 182 Å². The third kappa shape index (κ3) is 32.6. The molecular formula is C110H150F6N16O4. The van der Waals surface area contributed by atoms with Gasteiger partial charge in [-0.15, -0.1) is 0 Å². The summed E-state index contributed by atoms with van der Waals surface area (Å²) in [5, 5.41) is 14.0. The quantitative estimate of drug-likeness (QED) is 0.0208. The van der Waals surface area contributed by atoms with Crippen LogP contribution in [0.25, 0.3) is 44.1 Å². The molecule has 8 aromatic carbocycles. The second kappa shape index (κ2) is 57.2. The zero-order valence-corrected chi connectivity index (χ0v) is 83.3. The number of aryl methyl sites for hydroxylation is 4. The predicted molar refractivity (Wildman–Crippen MR) is 540 cm³/mol. The third-order valence-electron chi connectivity index (χ3n) is 23.6. The van der Waals surface area contributed by atoms with Crippen LogP contribution in [-0.2, 0) is 78.5 Å². The third-order valence-corrected chi connectivity index (χ3v) is 23.6. The van der Waals surface area contributed by atoms with Gasteiger partial charge < -0.3 is 59.1 Å². The van der Waals surface area contributed by atoms with Crippen molar-refractivity contribution in [1.29, 1.82) is 0 Å². The Morgan fingerprint density at radius 1 is 0.301 bits per heavy atom. The summed E-state index contributed by atoms with van der Waals surface area (Å²) in [5.41, 5.74) is 12.9. The molecule has 0 unspecified atom stereocenters. The molecule has 4 amide bonds. The highest BCUT2D eigenvalue weighted by Crippen LogP contribution is 2.29. The number of hydrogen-bond donors (Lipinski definition) is 4. The predicted octanol–water partition coefficient (Wildman–Crippen LogP) is 24.4. The number of carbonyl (C=O) groups excluding carboxylic acids is 4. The van der Waals surface area contributed by atoms with E-state index in [9.17, 15) is 45.5 Å². The van der Waals surface area contributed by atoms with Gasteiger partial charge in [0.15, 0.2) is 0 Å². The van der Waals surface area contributed by atoms with Crippen LogP contribution < -0.4 is 21.3 Å². The van der Waals surface area contributed by atoms with Crippen LogP contribution in [-0.4, -0.2) is 134 Å². The van der Waals surface area contributed by atoms with Crippen LogP contribution in [0.5, 0.6) is 0 Å². The molecule has 0 atom stereocenters. The van der Waals surface area contributed by atoms with Gasteiger partial charge in [-0.2, -0.15) is 0 Å². The van der Waals surface area contributed by atoms with E-state index in [0.717, 1.165) is 214 Å². The van der Waals surface area contributed by atoms with Crippen LogP contribution in [0, 0.1) is 46.7 Å². The second-order valence-electron chi connectivity index (χ2n) is 36.4. The first-order valence-electron chi connectivity index (χ1n) is 50.1. The SMILES string of the molecule is CCCCCNCc1ccc2c(c1)nc(CN(CC(C)C)C(=O)c1cc(F)ccc1F)n2CCC.CCCCCNCc1ccc2c(c1)nc(CN(CC(C)C)C(=O)c1cccc(F)c1)n2CCC.CCCCCNCc1ccc2c(c1)nc(CN(CCC)C(=O)c1cc(F)ccc1F)n2CCC.CCCCCNCc1ccc2c(c1)nc(CN(CCC)C(=O)c1cccc(F)c1)n2CCC. The zero-order chi connectivity index (χ0) is 98.0. The average Bonchev–Trinajstić information content (AvgIpc) is 1.65. The van der Waals surface area contributed by atoms with Gasteiger partial charge in [0, 0.05) is 89.7 Å². The summed E-state index contributed by atoms with van der Waals surface area (Å²) in [6.07, 6.45) is 19.8. The Kier molecular flexibility index (Phi) is 45.7. The van der Waals surface area contributed by atoms with Crippen LogP contribution in [0.2, 0.25) is 0 Å². The van der Waals surface area contributed by atoms with E-state index in [0.29, 0.717) is 56.8 Å². The highest BCUT2D eigenvalue weighted by Gasteiger charge is 2.29. The van der Waals surface area contributed by atoms with Gasteiger partial charge in [0.05, 0.1) is 81.4 Å². The number of nitrogens with one attached hydrogen (secondary N) is 4. The Labute approximate surface area is 803 Å². The number of amides is 4. The van der Waals surface area contributed by atoms with Gasteiger partial charge in [-0.3, -0.25) is 19.2 Å². The average molecular weight is 1870 g/mol. The molecule has 0 aliphatic rings. The van der Waals surface area contributed by atoms with Crippen LogP contribution in [0.15, 0.2) is 158 Å². The van der Waals surface area contributed by atoms with Gasteiger partial charge in [0.2, 0.25) is 0 Å². The van der Waals surface area contributed by atoms with Crippen LogP contribution >= 0.6 is 0 Å². The number of hydrogen-bond acceptors (Lipinski definition) is 12. The first-order valence-corrected chi connectivity index (χ1v) is 50.1. The Morgan fingerprint density at radius 2 is 0.574 bits per heavy atom. The fourth-order valence-corrected chi connectivity index (χ4v) is 17.0. The molecule has 0 radical (unpaired) electrons. The lowest BCUT2D eigenvalue weighted by Crippen LogP contribution is -2.35. The number of unbranched alkanes of at least 4 members (excludes halogenated alkanes) is 8. The van der Waals surface area contributed by atoms with Crippen molar-refractivity contribution in [1.82, 2.24) is 79.1 Å². The van der Waals surface area contributed by atoms with Gasteiger partial charge in [-0.1, -0.05) is 185 Å². The van der Waals surface area contributed by atoms with Crippen molar-refractivity contribution < 1.29 is 45.5 Å². The van der Waals surface area contributed by atoms with Crippen molar-refractivity contribution in [3.8, 4) is 0 Å². The molecule has 0 aliphatic heterocycles. The fraction of sp³-hybridized carbons (Fsp3) is 0.491. The number of fused-ring (bicyclic) bond motifs is 4. The minimum atomic E-state index is -0.719. The number of imidazole rings is 4. The summed E-state index contributed by atoms with van der Waals surface area (Å²) < 4.78 is 92.4. The number of benzene rings is 8. The molecule has 0 spiro atoms. The van der Waals surface area contributed by atoms with Gasteiger partial charge in [0.25, 0.3) is 23.6 Å². The summed E-state index contributed by atoms with van der Waals surface area (Å²) in [4.78, 5) is 79.1. The molecule has 12 aromatic rings. The molecular weight excluding hydrogens is 1720 g/mol. The summed E-state index contributed by atoms with van der Waals surface area (Å²) in [7, 11) is 0. The maximum absolute atomic E-state index is 14.4. The zero-order valence-electron chi connectivity index (χ0n) is 83.3. The summed E-state index contributed by atoms with van der Waals surface area (Å²) >= 11 is 0. The van der Waals surface area contributed by atoms with Gasteiger partial charge in [-0.05, 0) is 246 Å². The number of carbonyl (C=O) groups is 4. The van der Waals surface area contributed by atoms with Crippen LogP contribution in [0.4, 0.5) is 26.3 Å². The van der Waals surface area contributed by atoms with E-state index in [1.807, 2.05) is 27.7 Å². The largest absolute Gasteiger partial charge is 0.331 e. The van der Waals surface area contributed by atoms with Crippen molar-refractivity contribution in [2.75, 3.05) is 52.4 Å². The first-order chi connectivity index (χ1) is 65.8. The van der Waals surface area contributed by atoms with E-state index >= 15 is 0 Å². The highest BCUT2D eigenvalue weighted by atomic mass is 19.1. The molecule has 0 bridgehead atoms. The maximum Gasteiger partial charge on any atom is 0.257 e. The lowest BCUT2D eigenvalue weighted by Gasteiger charge is -2.25. The number of halogens is 6. The molecule has 4 heterocycles. The minimum Gasteiger partial charge on any atom is -0.331 e. The Bertz CT molecular complexity index is 5720. The molecule has 0 saturated carbocycles. The van der Waals surface area contributed by atoms with Crippen molar-refractivity contribution in [3.05, 3.63) is 260 Å². The molecule has 136 heavy (non-hydrogen) atoms. The lowest BCUT2D eigenvalue weighted by molar-refractivity contribution is 0.0706. The van der Waals surface area contributed by atoms with E-state index in [4.69, 9.17) is 19.9 Å². The van der Waals surface area contributed by atoms with Gasteiger partial charge in [-0.25, -0.2) is 46.3 Å². The Hall–Kier alpha value is -11.1. The summed E-state index contributed by atoms with van der Waals surface area (Å²) in [6.45, 7) is 43.2. The standard InChI is InChI=1S/C28H38F2N4O.C28H39FN4O.C27H36F2N4O.C27H37FN4O/c1-5-7-8-13-31-17-21-9-12-26-25(15-21)32-27(34(26)14-6-2)19-33(18-20(3)4)28(35)23-16-22(29)10-11-24(23)30;1-5-7-8-14-30-18-22-12-13-26-25(16-22)31-27(33(26)15-6-2)20-32(19-21(3)4)28(34)23-10-9-11-24(29)17-23;1-4-7-8-13-30-18-20-9-12-25-24(16-20)31-26(33(25)15-6-3)19-32(14-5-2)27(34)22-17-21(28)10-11-23(22)29;1-4-7-8-14-29-19-21-12-13-25-24(17-21)30-26(32(25)16-6-3)20-31(15-5-2)27(33)22-10-9-11-23(28)18-22/h9-12,15-16,20,31H,5-8,13-14,17-19H2,1-4H3;9-13,16-17,21,30H,5-8,14-15,18-20H2,1-4H3;9-12,16-17,30H,4-8,13-15,18-19H2,1-3H3;9-13,17-18,29H,4-8,14-16,19-20H2,1-3H3. The first kappa shape index (κ1) is 109. The van der Waals surface area contributed by atoms with Gasteiger partial charge >= 0.3 is 0 Å². The second-order valence-corrected chi connectivity index (χ2v) is 36.4. The molecule has 4 aromatic heterocycles. The lowest BCUT2D eigenvalue weighted by atomic mass is 10.1.